The third-order valence-electron chi connectivity index (χ3n) is 3.09. The molecule has 0 fully saturated rings. The maximum atomic E-state index is 4.58. The fourth-order valence-corrected chi connectivity index (χ4v) is 2.03. The highest BCUT2D eigenvalue weighted by atomic mass is 15.0. The van der Waals surface area contributed by atoms with Gasteiger partial charge in [0.15, 0.2) is 11.6 Å². The van der Waals surface area contributed by atoms with Crippen LogP contribution in [0.2, 0.25) is 0 Å². The SMILES string of the molecule is Cc1ccc(-c2nc(C)nc(-c3ccccc3)n2)cc1. The van der Waals surface area contributed by atoms with E-state index in [-0.39, 0.29) is 0 Å². The van der Waals surface area contributed by atoms with Gasteiger partial charge in [-0.2, -0.15) is 0 Å². The van der Waals surface area contributed by atoms with E-state index in [1.807, 2.05) is 49.4 Å². The molecule has 20 heavy (non-hydrogen) atoms. The smallest absolute Gasteiger partial charge is 0.163 e. The normalized spacial score (nSPS) is 10.5. The molecule has 3 aromatic rings. The molecule has 98 valence electrons. The van der Waals surface area contributed by atoms with Crippen LogP contribution in [0.1, 0.15) is 11.4 Å². The molecule has 1 heterocycles. The van der Waals surface area contributed by atoms with Crippen LogP contribution in [0.25, 0.3) is 22.8 Å². The van der Waals surface area contributed by atoms with Gasteiger partial charge in [0.1, 0.15) is 5.82 Å². The van der Waals surface area contributed by atoms with Crippen molar-refractivity contribution in [3.63, 3.8) is 0 Å². The molecule has 3 rings (SSSR count). The second-order valence-electron chi connectivity index (χ2n) is 4.76. The van der Waals surface area contributed by atoms with Gasteiger partial charge in [-0.1, -0.05) is 60.2 Å². The minimum Gasteiger partial charge on any atom is -0.213 e. The molecular formula is C17H15N3. The first-order valence-electron chi connectivity index (χ1n) is 6.57. The van der Waals surface area contributed by atoms with Gasteiger partial charge >= 0.3 is 0 Å². The summed E-state index contributed by atoms with van der Waals surface area (Å²) in [5, 5.41) is 0. The van der Waals surface area contributed by atoms with Crippen LogP contribution in [0.3, 0.4) is 0 Å². The standard InChI is InChI=1S/C17H15N3/c1-12-8-10-15(11-9-12)17-19-13(2)18-16(20-17)14-6-4-3-5-7-14/h3-11H,1-2H3. The highest BCUT2D eigenvalue weighted by Crippen LogP contribution is 2.20. The van der Waals surface area contributed by atoms with E-state index in [0.717, 1.165) is 22.8 Å². The average Bonchev–Trinajstić information content (AvgIpc) is 2.48. The van der Waals surface area contributed by atoms with E-state index >= 15 is 0 Å². The van der Waals surface area contributed by atoms with Gasteiger partial charge in [-0.3, -0.25) is 0 Å². The number of hydrogen-bond acceptors (Lipinski definition) is 3. The minimum absolute atomic E-state index is 0.716. The van der Waals surface area contributed by atoms with Crippen molar-refractivity contribution in [3.05, 3.63) is 66.0 Å². The lowest BCUT2D eigenvalue weighted by atomic mass is 10.1. The monoisotopic (exact) mass is 261 g/mol. The number of nitrogens with zero attached hydrogens (tertiary/aromatic N) is 3. The fraction of sp³-hybridized carbons (Fsp3) is 0.118. The Morgan fingerprint density at radius 1 is 0.600 bits per heavy atom. The zero-order valence-electron chi connectivity index (χ0n) is 11.5. The van der Waals surface area contributed by atoms with Gasteiger partial charge < -0.3 is 0 Å². The third kappa shape index (κ3) is 2.57. The quantitative estimate of drug-likeness (QED) is 0.704. The Hall–Kier alpha value is -2.55. The first kappa shape index (κ1) is 12.5. The second-order valence-corrected chi connectivity index (χ2v) is 4.76. The Kier molecular flexibility index (Phi) is 3.25. The number of aryl methyl sites for hydroxylation is 2. The summed E-state index contributed by atoms with van der Waals surface area (Å²) in [5.74, 6) is 2.17. The van der Waals surface area contributed by atoms with Crippen molar-refractivity contribution in [2.45, 2.75) is 13.8 Å². The van der Waals surface area contributed by atoms with Gasteiger partial charge in [-0.25, -0.2) is 15.0 Å². The molecule has 0 N–H and O–H groups in total. The van der Waals surface area contributed by atoms with Crippen LogP contribution in [-0.2, 0) is 0 Å². The van der Waals surface area contributed by atoms with Crippen LogP contribution in [0.4, 0.5) is 0 Å². The Labute approximate surface area is 118 Å². The second kappa shape index (κ2) is 5.21. The minimum atomic E-state index is 0.716. The molecule has 0 saturated heterocycles. The molecule has 3 heteroatoms. The van der Waals surface area contributed by atoms with Gasteiger partial charge in [0.2, 0.25) is 0 Å². The van der Waals surface area contributed by atoms with E-state index in [1.54, 1.807) is 0 Å². The first-order chi connectivity index (χ1) is 9.72. The molecule has 2 aromatic carbocycles. The van der Waals surface area contributed by atoms with E-state index in [0.29, 0.717) is 5.82 Å². The zero-order chi connectivity index (χ0) is 13.9. The maximum absolute atomic E-state index is 4.58. The van der Waals surface area contributed by atoms with E-state index in [1.165, 1.54) is 5.56 Å². The van der Waals surface area contributed by atoms with Crippen LogP contribution in [0, 0.1) is 13.8 Å². The average molecular weight is 261 g/mol. The highest BCUT2D eigenvalue weighted by Gasteiger charge is 2.07. The molecule has 0 saturated carbocycles. The van der Waals surface area contributed by atoms with E-state index in [2.05, 4.69) is 34.0 Å². The molecule has 0 aliphatic rings. The summed E-state index contributed by atoms with van der Waals surface area (Å²) in [7, 11) is 0. The van der Waals surface area contributed by atoms with Crippen LogP contribution >= 0.6 is 0 Å². The lowest BCUT2D eigenvalue weighted by molar-refractivity contribution is 0.992. The van der Waals surface area contributed by atoms with Gasteiger partial charge in [0.05, 0.1) is 0 Å². The molecule has 0 aliphatic carbocycles. The van der Waals surface area contributed by atoms with Crippen molar-refractivity contribution in [2.24, 2.45) is 0 Å². The summed E-state index contributed by atoms with van der Waals surface area (Å²) in [6.07, 6.45) is 0. The van der Waals surface area contributed by atoms with Crippen molar-refractivity contribution in [2.75, 3.05) is 0 Å². The Morgan fingerprint density at radius 3 is 1.75 bits per heavy atom. The lowest BCUT2D eigenvalue weighted by Gasteiger charge is -2.05. The molecular weight excluding hydrogens is 246 g/mol. The Bertz CT molecular complexity index is 719. The molecule has 3 nitrogen and oxygen atoms in total. The topological polar surface area (TPSA) is 38.7 Å². The maximum Gasteiger partial charge on any atom is 0.163 e. The summed E-state index contributed by atoms with van der Waals surface area (Å²) >= 11 is 0. The Balaban J connectivity index is 2.09. The number of aromatic nitrogens is 3. The predicted octanol–water partition coefficient (Wildman–Crippen LogP) is 3.82. The summed E-state index contributed by atoms with van der Waals surface area (Å²) in [6, 6.07) is 18.2. The first-order valence-corrected chi connectivity index (χ1v) is 6.57. The molecule has 1 aromatic heterocycles. The molecule has 0 spiro atoms. The summed E-state index contributed by atoms with van der Waals surface area (Å²) in [4.78, 5) is 13.4. The van der Waals surface area contributed by atoms with Crippen LogP contribution < -0.4 is 0 Å². The molecule has 0 aliphatic heterocycles. The van der Waals surface area contributed by atoms with Gasteiger partial charge in [-0.05, 0) is 13.8 Å². The summed E-state index contributed by atoms with van der Waals surface area (Å²) < 4.78 is 0. The van der Waals surface area contributed by atoms with Crippen LogP contribution in [0.15, 0.2) is 54.6 Å². The number of rotatable bonds is 2. The third-order valence-corrected chi connectivity index (χ3v) is 3.09. The molecule has 0 bridgehead atoms. The Morgan fingerprint density at radius 2 is 1.15 bits per heavy atom. The van der Waals surface area contributed by atoms with Crippen molar-refractivity contribution < 1.29 is 0 Å². The fourth-order valence-electron chi connectivity index (χ4n) is 2.03. The molecule has 0 atom stereocenters. The van der Waals surface area contributed by atoms with Crippen molar-refractivity contribution in [1.82, 2.24) is 15.0 Å². The number of hydrogen-bond donors (Lipinski definition) is 0. The largest absolute Gasteiger partial charge is 0.213 e. The van der Waals surface area contributed by atoms with Crippen molar-refractivity contribution in [3.8, 4) is 22.8 Å². The zero-order valence-corrected chi connectivity index (χ0v) is 11.5. The highest BCUT2D eigenvalue weighted by molar-refractivity contribution is 5.60. The van der Waals surface area contributed by atoms with Crippen LogP contribution in [-0.4, -0.2) is 15.0 Å². The van der Waals surface area contributed by atoms with E-state index < -0.39 is 0 Å². The molecule has 0 unspecified atom stereocenters. The van der Waals surface area contributed by atoms with Gasteiger partial charge in [-0.15, -0.1) is 0 Å². The predicted molar refractivity (Wildman–Crippen MR) is 80.2 cm³/mol. The lowest BCUT2D eigenvalue weighted by Crippen LogP contribution is -1.99. The van der Waals surface area contributed by atoms with Crippen molar-refractivity contribution >= 4 is 0 Å². The van der Waals surface area contributed by atoms with E-state index in [4.69, 9.17) is 0 Å². The van der Waals surface area contributed by atoms with E-state index in [9.17, 15) is 0 Å². The molecule has 0 amide bonds. The number of benzene rings is 2. The van der Waals surface area contributed by atoms with Gasteiger partial charge in [0.25, 0.3) is 0 Å². The van der Waals surface area contributed by atoms with Crippen molar-refractivity contribution in [1.29, 1.82) is 0 Å². The molecule has 0 radical (unpaired) electrons. The van der Waals surface area contributed by atoms with Crippen LogP contribution in [0.5, 0.6) is 0 Å². The summed E-state index contributed by atoms with van der Waals surface area (Å²) in [5.41, 5.74) is 3.24. The summed E-state index contributed by atoms with van der Waals surface area (Å²) in [6.45, 7) is 3.96. The van der Waals surface area contributed by atoms with Gasteiger partial charge in [0, 0.05) is 11.1 Å².